The first-order valence-electron chi connectivity index (χ1n) is 7.62. The Kier molecular flexibility index (Phi) is 6.66. The van der Waals surface area contributed by atoms with Gasteiger partial charge in [-0.05, 0) is 29.8 Å². The van der Waals surface area contributed by atoms with Crippen LogP contribution in [0.3, 0.4) is 0 Å². The number of rotatable bonds is 6. The summed E-state index contributed by atoms with van der Waals surface area (Å²) in [5.41, 5.74) is -0.795. The van der Waals surface area contributed by atoms with Gasteiger partial charge >= 0.3 is 6.18 Å². The largest absolute Gasteiger partial charge is 0.418 e. The number of sulfonamides is 1. The highest BCUT2D eigenvalue weighted by molar-refractivity contribution is 9.10. The van der Waals surface area contributed by atoms with Crippen molar-refractivity contribution in [1.82, 2.24) is 4.31 Å². The third-order valence-electron chi connectivity index (χ3n) is 3.57. The minimum atomic E-state index is -4.64. The Hall–Kier alpha value is -1.91. The number of benzene rings is 2. The second-order valence-corrected chi connectivity index (χ2v) is 8.65. The van der Waals surface area contributed by atoms with E-state index in [1.807, 2.05) is 0 Å². The second-order valence-electron chi connectivity index (χ2n) is 5.75. The van der Waals surface area contributed by atoms with Crippen molar-refractivity contribution >= 4 is 37.5 Å². The molecule has 0 aliphatic heterocycles. The lowest BCUT2D eigenvalue weighted by Gasteiger charge is -2.20. The zero-order chi connectivity index (χ0) is 20.2. The molecule has 0 spiro atoms. The van der Waals surface area contributed by atoms with Crippen LogP contribution in [0, 0.1) is 0 Å². The Morgan fingerprint density at radius 1 is 1.11 bits per heavy atom. The minimum Gasteiger partial charge on any atom is -0.324 e. The normalized spacial score (nSPS) is 12.2. The first-order chi connectivity index (χ1) is 12.5. The number of carbonyl (C=O) groups excluding carboxylic acids is 1. The van der Waals surface area contributed by atoms with E-state index in [-0.39, 0.29) is 6.54 Å². The fraction of sp³-hybridized carbons (Fsp3) is 0.235. The van der Waals surface area contributed by atoms with Crippen molar-refractivity contribution in [3.63, 3.8) is 0 Å². The fourth-order valence-electron chi connectivity index (χ4n) is 2.27. The van der Waals surface area contributed by atoms with Crippen LogP contribution in [-0.4, -0.2) is 31.4 Å². The number of nitrogens with zero attached hydrogens (tertiary/aromatic N) is 1. The van der Waals surface area contributed by atoms with Crippen LogP contribution in [0.4, 0.5) is 18.9 Å². The van der Waals surface area contributed by atoms with Crippen LogP contribution in [0.5, 0.6) is 0 Å². The summed E-state index contributed by atoms with van der Waals surface area (Å²) < 4.78 is 64.7. The molecule has 2 aromatic carbocycles. The predicted octanol–water partition coefficient (Wildman–Crippen LogP) is 3.87. The molecule has 1 N–H and O–H groups in total. The van der Waals surface area contributed by atoms with Gasteiger partial charge in [-0.3, -0.25) is 4.79 Å². The van der Waals surface area contributed by atoms with E-state index in [0.29, 0.717) is 5.56 Å². The van der Waals surface area contributed by atoms with Crippen molar-refractivity contribution in [1.29, 1.82) is 0 Å². The van der Waals surface area contributed by atoms with Gasteiger partial charge in [-0.1, -0.05) is 40.2 Å². The smallest absolute Gasteiger partial charge is 0.324 e. The second kappa shape index (κ2) is 8.41. The number of nitrogens with one attached hydrogen (secondary N) is 1. The SMILES string of the molecule is CS(=O)(=O)N(CC(=O)Nc1ccccc1C(F)(F)F)Cc1ccc(Br)cc1. The molecule has 0 saturated carbocycles. The van der Waals surface area contributed by atoms with Gasteiger partial charge < -0.3 is 5.32 Å². The van der Waals surface area contributed by atoms with Crippen molar-refractivity contribution in [2.45, 2.75) is 12.7 Å². The molecule has 0 saturated heterocycles. The monoisotopic (exact) mass is 464 g/mol. The Morgan fingerprint density at radius 2 is 1.70 bits per heavy atom. The minimum absolute atomic E-state index is 0.0829. The van der Waals surface area contributed by atoms with Gasteiger partial charge in [0.15, 0.2) is 0 Å². The molecule has 0 unspecified atom stereocenters. The molecule has 27 heavy (non-hydrogen) atoms. The quantitative estimate of drug-likeness (QED) is 0.705. The van der Waals surface area contributed by atoms with Crippen molar-refractivity contribution < 1.29 is 26.4 Å². The van der Waals surface area contributed by atoms with Crippen LogP contribution in [0.1, 0.15) is 11.1 Å². The van der Waals surface area contributed by atoms with Crippen molar-refractivity contribution in [3.8, 4) is 0 Å². The number of carbonyl (C=O) groups is 1. The highest BCUT2D eigenvalue weighted by Gasteiger charge is 2.33. The number of para-hydroxylation sites is 1. The molecule has 0 radical (unpaired) electrons. The molecule has 0 atom stereocenters. The molecule has 146 valence electrons. The first kappa shape index (κ1) is 21.4. The number of hydrogen-bond donors (Lipinski definition) is 1. The average molecular weight is 465 g/mol. The van der Waals surface area contributed by atoms with Crippen molar-refractivity contribution in [3.05, 3.63) is 64.1 Å². The molecule has 0 aromatic heterocycles. The molecule has 2 rings (SSSR count). The first-order valence-corrected chi connectivity index (χ1v) is 10.3. The fourth-order valence-corrected chi connectivity index (χ4v) is 3.27. The summed E-state index contributed by atoms with van der Waals surface area (Å²) in [6.07, 6.45) is -3.71. The van der Waals surface area contributed by atoms with Gasteiger partial charge in [0.1, 0.15) is 0 Å². The average Bonchev–Trinajstić information content (AvgIpc) is 2.55. The van der Waals surface area contributed by atoms with E-state index in [9.17, 15) is 26.4 Å². The topological polar surface area (TPSA) is 66.5 Å². The molecule has 10 heteroatoms. The summed E-state index contributed by atoms with van der Waals surface area (Å²) in [5.74, 6) is -0.866. The van der Waals surface area contributed by atoms with Crippen LogP contribution in [-0.2, 0) is 27.5 Å². The van der Waals surface area contributed by atoms with Crippen LogP contribution in [0.2, 0.25) is 0 Å². The van der Waals surface area contributed by atoms with Gasteiger partial charge in [-0.2, -0.15) is 17.5 Å². The summed E-state index contributed by atoms with van der Waals surface area (Å²) in [5, 5.41) is 2.14. The highest BCUT2D eigenvalue weighted by atomic mass is 79.9. The lowest BCUT2D eigenvalue weighted by Crippen LogP contribution is -2.37. The third-order valence-corrected chi connectivity index (χ3v) is 5.29. The van der Waals surface area contributed by atoms with Gasteiger partial charge in [0.25, 0.3) is 0 Å². The van der Waals surface area contributed by atoms with Crippen LogP contribution < -0.4 is 5.32 Å². The molecule has 0 fully saturated rings. The van der Waals surface area contributed by atoms with E-state index in [4.69, 9.17) is 0 Å². The Morgan fingerprint density at radius 3 is 2.26 bits per heavy atom. The maximum Gasteiger partial charge on any atom is 0.418 e. The maximum atomic E-state index is 13.0. The van der Waals surface area contributed by atoms with Gasteiger partial charge in [-0.15, -0.1) is 0 Å². The van der Waals surface area contributed by atoms with Gasteiger partial charge in [-0.25, -0.2) is 8.42 Å². The number of hydrogen-bond acceptors (Lipinski definition) is 3. The van der Waals surface area contributed by atoms with E-state index in [0.717, 1.165) is 27.2 Å². The summed E-state index contributed by atoms with van der Waals surface area (Å²) in [6, 6.07) is 11.3. The van der Waals surface area contributed by atoms with E-state index >= 15 is 0 Å². The van der Waals surface area contributed by atoms with Crippen molar-refractivity contribution in [2.75, 3.05) is 18.1 Å². The number of alkyl halides is 3. The van der Waals surface area contributed by atoms with E-state index in [1.165, 1.54) is 12.1 Å². The lowest BCUT2D eigenvalue weighted by atomic mass is 10.1. The zero-order valence-electron chi connectivity index (χ0n) is 14.1. The van der Waals surface area contributed by atoms with Crippen LogP contribution >= 0.6 is 15.9 Å². The number of amides is 1. The molecule has 0 aliphatic rings. The molecule has 0 heterocycles. The van der Waals surface area contributed by atoms with Gasteiger partial charge in [0.2, 0.25) is 15.9 Å². The predicted molar refractivity (Wildman–Crippen MR) is 99.5 cm³/mol. The summed E-state index contributed by atoms with van der Waals surface area (Å²) in [6.45, 7) is -0.693. The molecular formula is C17H16BrF3N2O3S. The molecule has 0 aliphatic carbocycles. The van der Waals surface area contributed by atoms with E-state index in [2.05, 4.69) is 21.2 Å². The summed E-state index contributed by atoms with van der Waals surface area (Å²) in [4.78, 5) is 12.2. The Balaban J connectivity index is 2.17. The molecular weight excluding hydrogens is 449 g/mol. The van der Waals surface area contributed by atoms with E-state index in [1.54, 1.807) is 24.3 Å². The number of halogens is 4. The Labute approximate surface area is 163 Å². The van der Waals surface area contributed by atoms with Gasteiger partial charge in [0.05, 0.1) is 24.1 Å². The Bertz CT molecular complexity index is 916. The standard InChI is InChI=1S/C17H16BrF3N2O3S/c1-27(25,26)23(10-12-6-8-13(18)9-7-12)11-16(24)22-15-5-3-2-4-14(15)17(19,20)21/h2-9H,10-11H2,1H3,(H,22,24). The summed E-state index contributed by atoms with van der Waals surface area (Å²) in [7, 11) is -3.76. The molecule has 5 nitrogen and oxygen atoms in total. The third kappa shape index (κ3) is 6.33. The molecule has 0 bridgehead atoms. The maximum absolute atomic E-state index is 13.0. The van der Waals surface area contributed by atoms with Crippen LogP contribution in [0.15, 0.2) is 53.0 Å². The molecule has 2 aromatic rings. The highest BCUT2D eigenvalue weighted by Crippen LogP contribution is 2.34. The number of anilines is 1. The summed E-state index contributed by atoms with van der Waals surface area (Å²) >= 11 is 3.26. The zero-order valence-corrected chi connectivity index (χ0v) is 16.5. The molecule has 1 amide bonds. The lowest BCUT2D eigenvalue weighted by molar-refractivity contribution is -0.137. The van der Waals surface area contributed by atoms with E-state index < -0.39 is 39.9 Å². The van der Waals surface area contributed by atoms with Crippen molar-refractivity contribution in [2.24, 2.45) is 0 Å². The van der Waals surface area contributed by atoms with Gasteiger partial charge in [0, 0.05) is 11.0 Å². The van der Waals surface area contributed by atoms with Crippen LogP contribution in [0.25, 0.3) is 0 Å².